The van der Waals surface area contributed by atoms with Gasteiger partial charge in [0.1, 0.15) is 0 Å². The van der Waals surface area contributed by atoms with Crippen molar-refractivity contribution in [3.05, 3.63) is 96.6 Å². The number of benzene rings is 6. The normalized spacial score (nSPS) is 11.9. The van der Waals surface area contributed by atoms with Crippen LogP contribution in [0, 0.1) is 6.92 Å². The molecule has 0 aliphatic heterocycles. The number of hydrogen-bond donors (Lipinski definition) is 0. The highest BCUT2D eigenvalue weighted by atomic mass is 14.1. The summed E-state index contributed by atoms with van der Waals surface area (Å²) in [5.41, 5.74) is 1.34. The molecule has 126 valence electrons. The summed E-state index contributed by atoms with van der Waals surface area (Å²) < 4.78 is 0. The van der Waals surface area contributed by atoms with Gasteiger partial charge in [-0.1, -0.05) is 91.0 Å². The molecule has 0 radical (unpaired) electrons. The highest BCUT2D eigenvalue weighted by Gasteiger charge is 2.12. The van der Waals surface area contributed by atoms with Crippen LogP contribution in [0.25, 0.3) is 53.9 Å². The summed E-state index contributed by atoms with van der Waals surface area (Å²) in [6, 6.07) is 33.4. The topological polar surface area (TPSA) is 0 Å². The summed E-state index contributed by atoms with van der Waals surface area (Å²) in [5.74, 6) is 0. The summed E-state index contributed by atoms with van der Waals surface area (Å²) in [4.78, 5) is 0. The van der Waals surface area contributed by atoms with Crippen LogP contribution in [-0.4, -0.2) is 0 Å². The second-order valence-electron chi connectivity index (χ2n) is 7.45. The largest absolute Gasteiger partial charge is 0.0616 e. The lowest BCUT2D eigenvalue weighted by Crippen LogP contribution is -1.87. The minimum absolute atomic E-state index is 1.30. The maximum absolute atomic E-state index is 2.33. The van der Waals surface area contributed by atoms with Crippen molar-refractivity contribution < 1.29 is 0 Å². The van der Waals surface area contributed by atoms with Crippen molar-refractivity contribution in [2.75, 3.05) is 0 Å². The molecule has 0 saturated carbocycles. The minimum atomic E-state index is 1.30. The Morgan fingerprint density at radius 3 is 1.70 bits per heavy atom. The van der Waals surface area contributed by atoms with Gasteiger partial charge in [0.2, 0.25) is 0 Å². The van der Waals surface area contributed by atoms with Crippen LogP contribution in [0.3, 0.4) is 0 Å². The van der Waals surface area contributed by atoms with E-state index in [1.165, 1.54) is 59.4 Å². The summed E-state index contributed by atoms with van der Waals surface area (Å²) >= 11 is 0. The van der Waals surface area contributed by atoms with Crippen LogP contribution in [0.5, 0.6) is 0 Å². The molecule has 0 atom stereocenters. The lowest BCUT2D eigenvalue weighted by Gasteiger charge is -2.14. The molecule has 0 unspecified atom stereocenters. The van der Waals surface area contributed by atoms with Gasteiger partial charge >= 0.3 is 0 Å². The predicted molar refractivity (Wildman–Crippen MR) is 119 cm³/mol. The minimum Gasteiger partial charge on any atom is -0.0616 e. The Labute approximate surface area is 157 Å². The first-order valence-corrected chi connectivity index (χ1v) is 9.46. The monoisotopic (exact) mass is 342 g/mol. The molecule has 0 nitrogen and oxygen atoms in total. The smallest absolute Gasteiger partial charge is 0.00143 e. The molecule has 0 heteroatoms. The molecule has 0 bridgehead atoms. The molecule has 6 aromatic carbocycles. The first-order chi connectivity index (χ1) is 13.3. The van der Waals surface area contributed by atoms with E-state index in [1.807, 2.05) is 0 Å². The molecule has 6 rings (SSSR count). The zero-order valence-electron chi connectivity index (χ0n) is 15.2. The third kappa shape index (κ3) is 1.98. The molecule has 0 spiro atoms. The van der Waals surface area contributed by atoms with E-state index in [9.17, 15) is 0 Å². The summed E-state index contributed by atoms with van der Waals surface area (Å²) in [6.45, 7) is 2.21. The van der Waals surface area contributed by atoms with Crippen LogP contribution in [-0.2, 0) is 0 Å². The fourth-order valence-corrected chi connectivity index (χ4v) is 4.70. The number of rotatable bonds is 0. The van der Waals surface area contributed by atoms with E-state index in [1.54, 1.807) is 0 Å². The molecule has 6 aromatic rings. The van der Waals surface area contributed by atoms with Gasteiger partial charge in [0.25, 0.3) is 0 Å². The van der Waals surface area contributed by atoms with Gasteiger partial charge in [-0.05, 0) is 66.3 Å². The molecule has 0 aliphatic rings. The van der Waals surface area contributed by atoms with Gasteiger partial charge in [0.15, 0.2) is 0 Å². The van der Waals surface area contributed by atoms with Gasteiger partial charge in [-0.3, -0.25) is 0 Å². The van der Waals surface area contributed by atoms with Crippen molar-refractivity contribution in [1.29, 1.82) is 0 Å². The Balaban J connectivity index is 2.03. The Morgan fingerprint density at radius 2 is 0.926 bits per heavy atom. The molecule has 0 fully saturated rings. The van der Waals surface area contributed by atoms with Crippen molar-refractivity contribution in [3.8, 4) is 0 Å². The maximum atomic E-state index is 2.33. The Morgan fingerprint density at radius 1 is 0.407 bits per heavy atom. The predicted octanol–water partition coefficient (Wildman–Crippen LogP) is 7.76. The summed E-state index contributed by atoms with van der Waals surface area (Å²) in [6.07, 6.45) is 0. The molecule has 0 N–H and O–H groups in total. The van der Waals surface area contributed by atoms with Gasteiger partial charge in [-0.2, -0.15) is 0 Å². The maximum Gasteiger partial charge on any atom is -0.00143 e. The molecule has 0 saturated heterocycles. The SMILES string of the molecule is Cc1cc2ccc3ccc4ccc5ccccc5c4c3c2c2ccccc12. The second kappa shape index (κ2) is 5.31. The van der Waals surface area contributed by atoms with Crippen LogP contribution in [0.1, 0.15) is 5.56 Å². The molecule has 27 heavy (non-hydrogen) atoms. The molecule has 0 aromatic heterocycles. The average Bonchev–Trinajstić information content (AvgIpc) is 2.73. The third-order valence-electron chi connectivity index (χ3n) is 5.92. The highest BCUT2D eigenvalue weighted by molar-refractivity contribution is 6.32. The van der Waals surface area contributed by atoms with Crippen molar-refractivity contribution in [3.63, 3.8) is 0 Å². The number of hydrogen-bond acceptors (Lipinski definition) is 0. The Hall–Kier alpha value is -3.38. The van der Waals surface area contributed by atoms with Crippen molar-refractivity contribution in [1.82, 2.24) is 0 Å². The van der Waals surface area contributed by atoms with Crippen molar-refractivity contribution in [2.24, 2.45) is 0 Å². The van der Waals surface area contributed by atoms with Crippen LogP contribution >= 0.6 is 0 Å². The molecular weight excluding hydrogens is 324 g/mol. The van der Waals surface area contributed by atoms with Crippen LogP contribution in [0.15, 0.2) is 91.0 Å². The fraction of sp³-hybridized carbons (Fsp3) is 0.0370. The fourth-order valence-electron chi connectivity index (χ4n) is 4.70. The van der Waals surface area contributed by atoms with E-state index >= 15 is 0 Å². The number of aryl methyl sites for hydroxylation is 1. The zero-order chi connectivity index (χ0) is 18.0. The zero-order valence-corrected chi connectivity index (χ0v) is 15.2. The lowest BCUT2D eigenvalue weighted by molar-refractivity contribution is 1.56. The Bertz CT molecular complexity index is 1510. The van der Waals surface area contributed by atoms with Gasteiger partial charge < -0.3 is 0 Å². The second-order valence-corrected chi connectivity index (χ2v) is 7.45. The highest BCUT2D eigenvalue weighted by Crippen LogP contribution is 2.40. The van der Waals surface area contributed by atoms with Gasteiger partial charge in [-0.25, -0.2) is 0 Å². The average molecular weight is 342 g/mol. The van der Waals surface area contributed by atoms with Crippen molar-refractivity contribution in [2.45, 2.75) is 6.92 Å². The molecular formula is C27H18. The van der Waals surface area contributed by atoms with E-state index < -0.39 is 0 Å². The van der Waals surface area contributed by atoms with Crippen LogP contribution in [0.4, 0.5) is 0 Å². The number of fused-ring (bicyclic) bond motifs is 9. The summed E-state index contributed by atoms with van der Waals surface area (Å²) in [5, 5.41) is 13.4. The molecule has 0 amide bonds. The Kier molecular flexibility index (Phi) is 2.90. The van der Waals surface area contributed by atoms with Crippen LogP contribution < -0.4 is 0 Å². The van der Waals surface area contributed by atoms with E-state index in [2.05, 4.69) is 97.9 Å². The third-order valence-corrected chi connectivity index (χ3v) is 5.92. The first kappa shape index (κ1) is 14.8. The van der Waals surface area contributed by atoms with Gasteiger partial charge in [0.05, 0.1) is 0 Å². The molecule has 0 aliphatic carbocycles. The molecule has 0 heterocycles. The van der Waals surface area contributed by atoms with Gasteiger partial charge in [0, 0.05) is 0 Å². The quantitative estimate of drug-likeness (QED) is 0.247. The van der Waals surface area contributed by atoms with E-state index in [-0.39, 0.29) is 0 Å². The standard InChI is InChI=1S/C27H18/c1-17-16-21-15-14-20-13-12-19-11-10-18-6-2-3-8-23(18)25(19)27(20)26(21)24-9-5-4-7-22(17)24/h2-16H,1H3. The summed E-state index contributed by atoms with van der Waals surface area (Å²) in [7, 11) is 0. The lowest BCUT2D eigenvalue weighted by atomic mass is 9.89. The van der Waals surface area contributed by atoms with Gasteiger partial charge in [-0.15, -0.1) is 0 Å². The van der Waals surface area contributed by atoms with E-state index in [0.29, 0.717) is 0 Å². The van der Waals surface area contributed by atoms with Crippen LogP contribution in [0.2, 0.25) is 0 Å². The van der Waals surface area contributed by atoms with E-state index in [0.717, 1.165) is 0 Å². The van der Waals surface area contributed by atoms with Crippen molar-refractivity contribution >= 4 is 53.9 Å². The van der Waals surface area contributed by atoms with E-state index in [4.69, 9.17) is 0 Å². The first-order valence-electron chi connectivity index (χ1n) is 9.46.